The number of hydrogen-bond acceptors (Lipinski definition) is 6. The summed E-state index contributed by atoms with van der Waals surface area (Å²) in [5.41, 5.74) is 1.14. The van der Waals surface area contributed by atoms with Crippen LogP contribution in [-0.2, 0) is 4.79 Å². The van der Waals surface area contributed by atoms with Crippen molar-refractivity contribution < 1.29 is 42.1 Å². The van der Waals surface area contributed by atoms with Gasteiger partial charge in [0.25, 0.3) is 0 Å². The molecule has 0 aliphatic carbocycles. The molecule has 0 fully saturated rings. The number of carboxylic acids is 1. The van der Waals surface area contributed by atoms with Crippen LogP contribution in [0, 0.1) is 6.92 Å². The molecule has 6 nitrogen and oxygen atoms in total. The molecule has 0 saturated carbocycles. The van der Waals surface area contributed by atoms with E-state index in [1.807, 2.05) is 13.0 Å². The first-order chi connectivity index (χ1) is 17.5. The number of thioether (sulfide) groups is 1. The Kier molecular flexibility index (Phi) is 9.46. The van der Waals surface area contributed by atoms with Gasteiger partial charge in [0.2, 0.25) is 0 Å². The number of aliphatic carboxylic acids is 1. The molecule has 37 heavy (non-hydrogen) atoms. The minimum absolute atomic E-state index is 0.0338. The Bertz CT molecular complexity index is 1230. The molecule has 3 aromatic rings. The van der Waals surface area contributed by atoms with Gasteiger partial charge in [-0.3, -0.25) is 9.59 Å². The van der Waals surface area contributed by atoms with Crippen LogP contribution in [-0.4, -0.2) is 41.7 Å². The van der Waals surface area contributed by atoms with Crippen LogP contribution in [0.5, 0.6) is 17.2 Å². The van der Waals surface area contributed by atoms with Crippen molar-refractivity contribution >= 4 is 23.5 Å². The van der Waals surface area contributed by atoms with Crippen LogP contribution in [0.1, 0.15) is 34.8 Å². The first-order valence-corrected chi connectivity index (χ1v) is 12.2. The SMILES string of the molecule is Cc1cc(OCCC(C)Oc2ccc(OC(F)(F)F)cc2C(=O)c2ccccc2)ccc1SCC(=O)O. The zero-order valence-corrected chi connectivity index (χ0v) is 20.9. The van der Waals surface area contributed by atoms with Crippen molar-refractivity contribution in [2.24, 2.45) is 0 Å². The first kappa shape index (κ1) is 27.9. The Labute approximate surface area is 216 Å². The highest BCUT2D eigenvalue weighted by atomic mass is 32.2. The fourth-order valence-corrected chi connectivity index (χ4v) is 4.09. The van der Waals surface area contributed by atoms with Crippen molar-refractivity contribution in [2.45, 2.75) is 37.6 Å². The maximum Gasteiger partial charge on any atom is 0.573 e. The van der Waals surface area contributed by atoms with Gasteiger partial charge >= 0.3 is 12.3 Å². The second-order valence-corrected chi connectivity index (χ2v) is 9.09. The van der Waals surface area contributed by atoms with Gasteiger partial charge in [0, 0.05) is 16.9 Å². The quantitative estimate of drug-likeness (QED) is 0.209. The van der Waals surface area contributed by atoms with Crippen molar-refractivity contribution in [3.8, 4) is 17.2 Å². The normalized spacial score (nSPS) is 12.0. The predicted octanol–water partition coefficient (Wildman–Crippen LogP) is 6.54. The lowest BCUT2D eigenvalue weighted by molar-refractivity contribution is -0.274. The Morgan fingerprint density at radius 3 is 2.35 bits per heavy atom. The van der Waals surface area contributed by atoms with Crippen LogP contribution >= 0.6 is 11.8 Å². The lowest BCUT2D eigenvalue weighted by Gasteiger charge is -2.19. The molecule has 0 heterocycles. The summed E-state index contributed by atoms with van der Waals surface area (Å²) in [5.74, 6) is -1.20. The number of carboxylic acid groups (broad SMARTS) is 1. The molecule has 10 heteroatoms. The van der Waals surface area contributed by atoms with Crippen molar-refractivity contribution in [2.75, 3.05) is 12.4 Å². The van der Waals surface area contributed by atoms with Crippen molar-refractivity contribution in [3.63, 3.8) is 0 Å². The summed E-state index contributed by atoms with van der Waals surface area (Å²) in [4.78, 5) is 24.6. The van der Waals surface area contributed by atoms with Crippen LogP contribution in [0.15, 0.2) is 71.6 Å². The van der Waals surface area contributed by atoms with Crippen LogP contribution in [0.3, 0.4) is 0 Å². The molecule has 0 aromatic heterocycles. The van der Waals surface area contributed by atoms with Crippen LogP contribution < -0.4 is 14.2 Å². The topological polar surface area (TPSA) is 82.1 Å². The van der Waals surface area contributed by atoms with Crippen molar-refractivity contribution in [1.29, 1.82) is 0 Å². The Morgan fingerprint density at radius 2 is 1.70 bits per heavy atom. The fraction of sp³-hybridized carbons (Fsp3) is 0.259. The van der Waals surface area contributed by atoms with Crippen LogP contribution in [0.4, 0.5) is 13.2 Å². The molecule has 0 amide bonds. The van der Waals surface area contributed by atoms with Crippen LogP contribution in [0.2, 0.25) is 0 Å². The molecule has 1 atom stereocenters. The molecule has 196 valence electrons. The Morgan fingerprint density at radius 1 is 1.00 bits per heavy atom. The largest absolute Gasteiger partial charge is 0.573 e. The average molecular weight is 535 g/mol. The van der Waals surface area contributed by atoms with Crippen LogP contribution in [0.25, 0.3) is 0 Å². The van der Waals surface area contributed by atoms with Crippen molar-refractivity contribution in [3.05, 3.63) is 83.4 Å². The third-order valence-corrected chi connectivity index (χ3v) is 6.24. The number of hydrogen-bond donors (Lipinski definition) is 1. The van der Waals surface area contributed by atoms with Gasteiger partial charge in [-0.05, 0) is 55.8 Å². The maximum absolute atomic E-state index is 13.0. The number of rotatable bonds is 12. The highest BCUT2D eigenvalue weighted by Gasteiger charge is 2.32. The highest BCUT2D eigenvalue weighted by Crippen LogP contribution is 2.31. The average Bonchev–Trinajstić information content (AvgIpc) is 2.83. The summed E-state index contributed by atoms with van der Waals surface area (Å²) in [6.45, 7) is 3.90. The standard InChI is InChI=1S/C27H25F3O6S/c1-17-14-20(9-11-24(17)37-16-25(31)32)34-13-12-18(2)35-23-10-8-21(36-27(28,29)30)15-22(23)26(33)19-6-4-3-5-7-19/h3-11,14-15,18H,12-13,16H2,1-2H3,(H,31,32). The van der Waals surface area contributed by atoms with E-state index in [0.717, 1.165) is 22.6 Å². The third kappa shape index (κ3) is 8.75. The number of aryl methyl sites for hydroxylation is 1. The molecule has 3 aromatic carbocycles. The zero-order chi connectivity index (χ0) is 27.0. The zero-order valence-electron chi connectivity index (χ0n) is 20.1. The second kappa shape index (κ2) is 12.5. The molecule has 1 unspecified atom stereocenters. The maximum atomic E-state index is 13.0. The van der Waals surface area contributed by atoms with E-state index >= 15 is 0 Å². The van der Waals surface area contributed by atoms with E-state index in [4.69, 9.17) is 14.6 Å². The molecule has 0 saturated heterocycles. The second-order valence-electron chi connectivity index (χ2n) is 8.08. The molecular formula is C27H25F3O6S. The first-order valence-electron chi connectivity index (χ1n) is 11.3. The van der Waals surface area contributed by atoms with E-state index in [1.54, 1.807) is 49.4 Å². The number of ether oxygens (including phenoxy) is 3. The van der Waals surface area contributed by atoms with Gasteiger partial charge in [0.15, 0.2) is 5.78 Å². The minimum atomic E-state index is -4.90. The van der Waals surface area contributed by atoms with Crippen molar-refractivity contribution in [1.82, 2.24) is 0 Å². The summed E-state index contributed by atoms with van der Waals surface area (Å²) in [6.07, 6.45) is -4.90. The molecule has 0 spiro atoms. The van der Waals surface area contributed by atoms with E-state index < -0.39 is 30.0 Å². The molecule has 3 rings (SSSR count). The number of alkyl halides is 3. The summed E-state index contributed by atoms with van der Waals surface area (Å²) in [7, 11) is 0. The number of halogens is 3. The number of ketones is 1. The number of carbonyl (C=O) groups excluding carboxylic acids is 1. The summed E-state index contributed by atoms with van der Waals surface area (Å²) < 4.78 is 53.9. The number of benzene rings is 3. The number of carbonyl (C=O) groups is 2. The van der Waals surface area contributed by atoms with E-state index in [-0.39, 0.29) is 23.7 Å². The van der Waals surface area contributed by atoms with E-state index in [1.165, 1.54) is 17.8 Å². The summed E-state index contributed by atoms with van der Waals surface area (Å²) >= 11 is 1.23. The van der Waals surface area contributed by atoms with E-state index in [0.29, 0.717) is 17.7 Å². The molecule has 0 radical (unpaired) electrons. The Balaban J connectivity index is 1.66. The van der Waals surface area contributed by atoms with Gasteiger partial charge in [-0.2, -0.15) is 0 Å². The smallest absolute Gasteiger partial charge is 0.493 e. The lowest BCUT2D eigenvalue weighted by atomic mass is 10.0. The van der Waals surface area contributed by atoms with Gasteiger partial charge < -0.3 is 19.3 Å². The highest BCUT2D eigenvalue weighted by molar-refractivity contribution is 8.00. The third-order valence-electron chi connectivity index (χ3n) is 5.08. The molecule has 0 aliphatic rings. The van der Waals surface area contributed by atoms with Gasteiger partial charge in [-0.15, -0.1) is 24.9 Å². The molecular weight excluding hydrogens is 509 g/mol. The molecule has 0 bridgehead atoms. The van der Waals surface area contributed by atoms with Gasteiger partial charge in [0.05, 0.1) is 24.0 Å². The Hall–Kier alpha value is -3.66. The summed E-state index contributed by atoms with van der Waals surface area (Å²) in [5, 5.41) is 8.83. The summed E-state index contributed by atoms with van der Waals surface area (Å²) in [6, 6.07) is 16.9. The van der Waals surface area contributed by atoms with Gasteiger partial charge in [-0.1, -0.05) is 30.3 Å². The lowest BCUT2D eigenvalue weighted by Crippen LogP contribution is -2.19. The van der Waals surface area contributed by atoms with E-state index in [2.05, 4.69) is 4.74 Å². The van der Waals surface area contributed by atoms with E-state index in [9.17, 15) is 22.8 Å². The van der Waals surface area contributed by atoms with Gasteiger partial charge in [0.1, 0.15) is 17.2 Å². The predicted molar refractivity (Wildman–Crippen MR) is 133 cm³/mol. The minimum Gasteiger partial charge on any atom is -0.493 e. The fourth-order valence-electron chi connectivity index (χ4n) is 3.36. The monoisotopic (exact) mass is 534 g/mol. The molecule has 0 aliphatic heterocycles. The van der Waals surface area contributed by atoms with Gasteiger partial charge in [-0.25, -0.2) is 0 Å². The molecule has 1 N–H and O–H groups in total.